The van der Waals surface area contributed by atoms with E-state index in [0.717, 1.165) is 27.7 Å². The Bertz CT molecular complexity index is 732. The molecule has 0 saturated heterocycles. The summed E-state index contributed by atoms with van der Waals surface area (Å²) in [5, 5.41) is 3.50. The zero-order valence-corrected chi connectivity index (χ0v) is 13.0. The molecular weight excluding hydrogens is 290 g/mol. The monoisotopic (exact) mass is 305 g/mol. The lowest BCUT2D eigenvalue weighted by Gasteiger charge is -2.13. The number of hydrogen-bond donors (Lipinski definition) is 1. The van der Waals surface area contributed by atoms with Gasteiger partial charge in [0.2, 0.25) is 0 Å². The first-order valence-corrected chi connectivity index (χ1v) is 7.73. The van der Waals surface area contributed by atoms with Crippen LogP contribution in [0.15, 0.2) is 36.4 Å². The van der Waals surface area contributed by atoms with Crippen LogP contribution in [0.1, 0.15) is 23.7 Å². The number of hydrogen-bond acceptors (Lipinski definition) is 3. The van der Waals surface area contributed by atoms with E-state index in [9.17, 15) is 0 Å². The topological polar surface area (TPSA) is 29.9 Å². The first-order chi connectivity index (χ1) is 9.65. The summed E-state index contributed by atoms with van der Waals surface area (Å²) >= 11 is 7.56. The Morgan fingerprint density at radius 1 is 1.30 bits per heavy atom. The van der Waals surface area contributed by atoms with Gasteiger partial charge in [-0.15, -0.1) is 11.3 Å². The SMILES string of the molecule is CC(NCc1ccc(Cl)s1)c1nc2ccccc2n1C. The molecule has 1 N–H and O–H groups in total. The van der Waals surface area contributed by atoms with E-state index in [0.29, 0.717) is 0 Å². The fourth-order valence-electron chi connectivity index (χ4n) is 2.34. The molecule has 0 saturated carbocycles. The van der Waals surface area contributed by atoms with Gasteiger partial charge in [0.05, 0.1) is 21.4 Å². The summed E-state index contributed by atoms with van der Waals surface area (Å²) in [6.45, 7) is 2.94. The Kier molecular flexibility index (Phi) is 3.78. The Morgan fingerprint density at radius 2 is 2.10 bits per heavy atom. The number of rotatable bonds is 4. The van der Waals surface area contributed by atoms with Gasteiger partial charge in [-0.05, 0) is 31.2 Å². The second-order valence-corrected chi connectivity index (χ2v) is 6.63. The lowest BCUT2D eigenvalue weighted by molar-refractivity contribution is 0.536. The van der Waals surface area contributed by atoms with Crippen molar-refractivity contribution in [2.75, 3.05) is 0 Å². The zero-order valence-electron chi connectivity index (χ0n) is 11.4. The molecule has 0 bridgehead atoms. The Morgan fingerprint density at radius 3 is 2.80 bits per heavy atom. The molecule has 3 rings (SSSR count). The molecule has 5 heteroatoms. The third-order valence-corrected chi connectivity index (χ3v) is 4.65. The van der Waals surface area contributed by atoms with E-state index in [2.05, 4.69) is 36.0 Å². The molecule has 2 heterocycles. The second-order valence-electron chi connectivity index (χ2n) is 4.83. The first kappa shape index (κ1) is 13.6. The molecule has 0 spiro atoms. The number of nitrogens with zero attached hydrogens (tertiary/aromatic N) is 2. The van der Waals surface area contributed by atoms with Crippen molar-refractivity contribution >= 4 is 34.0 Å². The van der Waals surface area contributed by atoms with Gasteiger partial charge in [0.15, 0.2) is 0 Å². The summed E-state index contributed by atoms with van der Waals surface area (Å²) in [5.74, 6) is 1.05. The predicted molar refractivity (Wildman–Crippen MR) is 85.3 cm³/mol. The van der Waals surface area contributed by atoms with Crippen LogP contribution in [0.3, 0.4) is 0 Å². The number of benzene rings is 1. The van der Waals surface area contributed by atoms with E-state index in [1.54, 1.807) is 11.3 Å². The molecule has 1 aromatic carbocycles. The quantitative estimate of drug-likeness (QED) is 0.785. The molecule has 0 aliphatic heterocycles. The molecule has 20 heavy (non-hydrogen) atoms. The van der Waals surface area contributed by atoms with E-state index in [4.69, 9.17) is 16.6 Å². The average molecular weight is 306 g/mol. The highest BCUT2D eigenvalue weighted by atomic mass is 35.5. The smallest absolute Gasteiger partial charge is 0.126 e. The molecule has 3 nitrogen and oxygen atoms in total. The van der Waals surface area contributed by atoms with Crippen LogP contribution in [0.5, 0.6) is 0 Å². The molecule has 3 aromatic rings. The van der Waals surface area contributed by atoms with E-state index in [1.165, 1.54) is 4.88 Å². The third-order valence-electron chi connectivity index (χ3n) is 3.42. The minimum absolute atomic E-state index is 0.188. The van der Waals surface area contributed by atoms with Gasteiger partial charge in [-0.1, -0.05) is 23.7 Å². The van der Waals surface area contributed by atoms with Crippen LogP contribution in [0.4, 0.5) is 0 Å². The molecule has 2 aromatic heterocycles. The molecular formula is C15H16ClN3S. The molecule has 0 radical (unpaired) electrons. The fraction of sp³-hybridized carbons (Fsp3) is 0.267. The van der Waals surface area contributed by atoms with Gasteiger partial charge in [-0.2, -0.15) is 0 Å². The Labute approximate surface area is 127 Å². The molecule has 1 unspecified atom stereocenters. The Hall–Kier alpha value is -1.36. The van der Waals surface area contributed by atoms with Crippen molar-refractivity contribution in [2.24, 2.45) is 7.05 Å². The molecule has 104 valence electrons. The molecule has 0 aliphatic carbocycles. The molecule has 0 amide bonds. The van der Waals surface area contributed by atoms with Crippen LogP contribution in [-0.2, 0) is 13.6 Å². The van der Waals surface area contributed by atoms with Gasteiger partial charge >= 0.3 is 0 Å². The van der Waals surface area contributed by atoms with Crippen molar-refractivity contribution in [3.8, 4) is 0 Å². The maximum atomic E-state index is 5.95. The number of nitrogens with one attached hydrogen (secondary N) is 1. The van der Waals surface area contributed by atoms with E-state index >= 15 is 0 Å². The molecule has 0 fully saturated rings. The highest BCUT2D eigenvalue weighted by Crippen LogP contribution is 2.23. The number of aryl methyl sites for hydroxylation is 1. The van der Waals surface area contributed by atoms with Crippen molar-refractivity contribution in [3.63, 3.8) is 0 Å². The van der Waals surface area contributed by atoms with E-state index in [-0.39, 0.29) is 6.04 Å². The van der Waals surface area contributed by atoms with Crippen LogP contribution in [0.25, 0.3) is 11.0 Å². The number of aromatic nitrogens is 2. The number of fused-ring (bicyclic) bond motifs is 1. The lowest BCUT2D eigenvalue weighted by atomic mass is 10.3. The van der Waals surface area contributed by atoms with Gasteiger partial charge in [0.1, 0.15) is 5.82 Å². The van der Waals surface area contributed by atoms with Crippen LogP contribution < -0.4 is 5.32 Å². The predicted octanol–water partition coefficient (Wildman–Crippen LogP) is 4.14. The summed E-state index contributed by atoms with van der Waals surface area (Å²) in [4.78, 5) is 5.94. The minimum Gasteiger partial charge on any atom is -0.330 e. The highest BCUT2D eigenvalue weighted by Gasteiger charge is 2.13. The van der Waals surface area contributed by atoms with E-state index < -0.39 is 0 Å². The van der Waals surface area contributed by atoms with Crippen molar-refractivity contribution < 1.29 is 0 Å². The van der Waals surface area contributed by atoms with Crippen LogP contribution in [0.2, 0.25) is 4.34 Å². The highest BCUT2D eigenvalue weighted by molar-refractivity contribution is 7.16. The largest absolute Gasteiger partial charge is 0.330 e. The van der Waals surface area contributed by atoms with E-state index in [1.807, 2.05) is 24.3 Å². The fourth-order valence-corrected chi connectivity index (χ4v) is 3.38. The number of thiophene rings is 1. The van der Waals surface area contributed by atoms with Gasteiger partial charge in [-0.25, -0.2) is 4.98 Å². The first-order valence-electron chi connectivity index (χ1n) is 6.54. The Balaban J connectivity index is 1.78. The third kappa shape index (κ3) is 2.59. The lowest BCUT2D eigenvalue weighted by Crippen LogP contribution is -2.20. The van der Waals surface area contributed by atoms with Gasteiger partial charge in [-0.3, -0.25) is 0 Å². The van der Waals surface area contributed by atoms with Crippen LogP contribution >= 0.6 is 22.9 Å². The van der Waals surface area contributed by atoms with Crippen molar-refractivity contribution in [2.45, 2.75) is 19.5 Å². The number of imidazole rings is 1. The number of para-hydroxylation sites is 2. The van der Waals surface area contributed by atoms with Crippen molar-refractivity contribution in [1.82, 2.24) is 14.9 Å². The van der Waals surface area contributed by atoms with Crippen molar-refractivity contribution in [3.05, 3.63) is 51.4 Å². The van der Waals surface area contributed by atoms with Gasteiger partial charge in [0, 0.05) is 18.5 Å². The second kappa shape index (κ2) is 5.56. The molecule has 0 aliphatic rings. The van der Waals surface area contributed by atoms with Crippen molar-refractivity contribution in [1.29, 1.82) is 0 Å². The molecule has 1 atom stereocenters. The standard InChI is InChI=1S/C15H16ClN3S/c1-10(17-9-11-7-8-14(16)20-11)15-18-12-5-3-4-6-13(12)19(15)2/h3-8,10,17H,9H2,1-2H3. The van der Waals surface area contributed by atoms with Gasteiger partial charge in [0.25, 0.3) is 0 Å². The zero-order chi connectivity index (χ0) is 14.1. The number of halogens is 1. The van der Waals surface area contributed by atoms with Gasteiger partial charge < -0.3 is 9.88 Å². The summed E-state index contributed by atoms with van der Waals surface area (Å²) in [6, 6.07) is 12.4. The maximum absolute atomic E-state index is 5.95. The summed E-state index contributed by atoms with van der Waals surface area (Å²) in [5.41, 5.74) is 2.20. The van der Waals surface area contributed by atoms with Crippen LogP contribution in [-0.4, -0.2) is 9.55 Å². The normalized spacial score (nSPS) is 12.9. The van der Waals surface area contributed by atoms with Crippen LogP contribution in [0, 0.1) is 0 Å². The average Bonchev–Trinajstić information content (AvgIpc) is 3.01. The maximum Gasteiger partial charge on any atom is 0.126 e. The summed E-state index contributed by atoms with van der Waals surface area (Å²) in [7, 11) is 2.06. The minimum atomic E-state index is 0.188. The summed E-state index contributed by atoms with van der Waals surface area (Å²) < 4.78 is 2.98. The summed E-state index contributed by atoms with van der Waals surface area (Å²) in [6.07, 6.45) is 0.